The summed E-state index contributed by atoms with van der Waals surface area (Å²) in [7, 11) is 0. The predicted octanol–water partition coefficient (Wildman–Crippen LogP) is 12.9. The Morgan fingerprint density at radius 3 is 1.69 bits per heavy atom. The number of terminal acetylenes is 1. The topological polar surface area (TPSA) is 105 Å². The van der Waals surface area contributed by atoms with Crippen LogP contribution < -0.4 is 4.74 Å². The summed E-state index contributed by atoms with van der Waals surface area (Å²) < 4.78 is 23.1. The van der Waals surface area contributed by atoms with Gasteiger partial charge in [0.15, 0.2) is 5.60 Å². The molecule has 0 amide bonds. The molecular formula is C63H68O8. The third-order valence-corrected chi connectivity index (χ3v) is 14.5. The van der Waals surface area contributed by atoms with E-state index in [0.29, 0.717) is 74.9 Å². The lowest BCUT2D eigenvalue weighted by Crippen LogP contribution is -2.39. The summed E-state index contributed by atoms with van der Waals surface area (Å²) in [5.41, 5.74) is 3.80. The molecule has 4 aromatic carbocycles. The molecule has 8 nitrogen and oxygen atoms in total. The van der Waals surface area contributed by atoms with Gasteiger partial charge in [-0.2, -0.15) is 0 Å². The van der Waals surface area contributed by atoms with E-state index in [-0.39, 0.29) is 29.7 Å². The highest BCUT2D eigenvalue weighted by molar-refractivity contribution is 5.90. The summed E-state index contributed by atoms with van der Waals surface area (Å²) in [6.07, 6.45) is 24.9. The van der Waals surface area contributed by atoms with E-state index in [1.54, 1.807) is 30.3 Å². The van der Waals surface area contributed by atoms with Crippen molar-refractivity contribution in [3.05, 3.63) is 143 Å². The first kappa shape index (κ1) is 52.0. The summed E-state index contributed by atoms with van der Waals surface area (Å²) >= 11 is 0. The molecule has 3 fully saturated rings. The molecule has 368 valence electrons. The van der Waals surface area contributed by atoms with E-state index in [1.807, 2.05) is 78.9 Å². The van der Waals surface area contributed by atoms with E-state index in [1.165, 1.54) is 31.8 Å². The minimum Gasteiger partial charge on any atom is -0.465 e. The number of carbonyl (C=O) groups excluding carboxylic acids is 4. The number of unbranched alkanes of at least 4 members (excludes halogenated alkanes) is 5. The van der Waals surface area contributed by atoms with Crippen LogP contribution in [0.15, 0.2) is 109 Å². The van der Waals surface area contributed by atoms with E-state index in [4.69, 9.17) is 25.4 Å². The lowest BCUT2D eigenvalue weighted by atomic mass is 9.68. The van der Waals surface area contributed by atoms with Crippen LogP contribution in [-0.2, 0) is 28.6 Å². The molecule has 0 saturated heterocycles. The number of hydrogen-bond acceptors (Lipinski definition) is 8. The largest absolute Gasteiger partial charge is 0.465 e. The first-order valence-electron chi connectivity index (χ1n) is 26.0. The van der Waals surface area contributed by atoms with Gasteiger partial charge in [0.05, 0.1) is 30.6 Å². The molecule has 0 heterocycles. The van der Waals surface area contributed by atoms with Gasteiger partial charge in [0.1, 0.15) is 5.75 Å². The molecule has 3 saturated carbocycles. The van der Waals surface area contributed by atoms with E-state index >= 15 is 0 Å². The predicted molar refractivity (Wildman–Crippen MR) is 278 cm³/mol. The highest BCUT2D eigenvalue weighted by atomic mass is 16.6. The Morgan fingerprint density at radius 2 is 1.10 bits per heavy atom. The molecule has 0 spiro atoms. The Morgan fingerprint density at radius 1 is 0.577 bits per heavy atom. The van der Waals surface area contributed by atoms with Gasteiger partial charge in [-0.3, -0.25) is 9.59 Å². The van der Waals surface area contributed by atoms with Gasteiger partial charge in [0.2, 0.25) is 0 Å². The van der Waals surface area contributed by atoms with Crippen molar-refractivity contribution in [3.63, 3.8) is 0 Å². The second-order valence-corrected chi connectivity index (χ2v) is 19.7. The zero-order valence-corrected chi connectivity index (χ0v) is 41.3. The molecule has 0 aliphatic heterocycles. The van der Waals surface area contributed by atoms with E-state index < -0.39 is 11.6 Å². The quantitative estimate of drug-likeness (QED) is 0.0257. The lowest BCUT2D eigenvalue weighted by molar-refractivity contribution is -0.152. The highest BCUT2D eigenvalue weighted by Crippen LogP contribution is 2.44. The van der Waals surface area contributed by atoms with Crippen LogP contribution in [0.25, 0.3) is 6.08 Å². The Balaban J connectivity index is 0.822. The van der Waals surface area contributed by atoms with Crippen molar-refractivity contribution in [1.82, 2.24) is 0 Å². The molecule has 4 aromatic rings. The van der Waals surface area contributed by atoms with Gasteiger partial charge in [0.25, 0.3) is 0 Å². The van der Waals surface area contributed by atoms with Crippen LogP contribution in [0.4, 0.5) is 0 Å². The van der Waals surface area contributed by atoms with Crippen molar-refractivity contribution in [2.75, 3.05) is 13.2 Å². The average Bonchev–Trinajstić information content (AvgIpc) is 3.41. The molecule has 7 rings (SSSR count). The van der Waals surface area contributed by atoms with Crippen LogP contribution in [0.5, 0.6) is 5.75 Å². The van der Waals surface area contributed by atoms with Gasteiger partial charge in [0, 0.05) is 28.3 Å². The van der Waals surface area contributed by atoms with Crippen LogP contribution >= 0.6 is 0 Å². The van der Waals surface area contributed by atoms with Gasteiger partial charge in [-0.1, -0.05) is 99.5 Å². The minimum atomic E-state index is -0.919. The second-order valence-electron chi connectivity index (χ2n) is 19.7. The summed E-state index contributed by atoms with van der Waals surface area (Å²) in [6, 6.07) is 31.6. The van der Waals surface area contributed by atoms with E-state index in [0.717, 1.165) is 85.1 Å². The lowest BCUT2D eigenvalue weighted by Gasteiger charge is -2.40. The molecule has 0 aromatic heterocycles. The molecule has 3 aliphatic rings. The van der Waals surface area contributed by atoms with Gasteiger partial charge in [-0.05, 0) is 185 Å². The third-order valence-electron chi connectivity index (χ3n) is 14.5. The molecule has 3 aliphatic carbocycles. The average molecular weight is 953 g/mol. The Hall–Kier alpha value is -6.82. The summed E-state index contributed by atoms with van der Waals surface area (Å²) in [4.78, 5) is 51.8. The fourth-order valence-corrected chi connectivity index (χ4v) is 10.0. The van der Waals surface area contributed by atoms with Crippen molar-refractivity contribution in [2.24, 2.45) is 29.6 Å². The maximum atomic E-state index is 13.8. The first-order valence-corrected chi connectivity index (χ1v) is 26.0. The van der Waals surface area contributed by atoms with Crippen LogP contribution in [0.3, 0.4) is 0 Å². The van der Waals surface area contributed by atoms with Gasteiger partial charge >= 0.3 is 23.9 Å². The van der Waals surface area contributed by atoms with Crippen LogP contribution in [0.1, 0.15) is 161 Å². The summed E-state index contributed by atoms with van der Waals surface area (Å²) in [5.74, 6) is 16.4. The van der Waals surface area contributed by atoms with Gasteiger partial charge in [-0.25, -0.2) is 9.59 Å². The van der Waals surface area contributed by atoms with Crippen LogP contribution in [-0.4, -0.2) is 42.7 Å². The number of ether oxygens (including phenoxy) is 4. The highest BCUT2D eigenvalue weighted by Gasteiger charge is 2.40. The van der Waals surface area contributed by atoms with Gasteiger partial charge in [-0.15, -0.1) is 6.42 Å². The monoisotopic (exact) mass is 952 g/mol. The maximum absolute atomic E-state index is 13.8. The van der Waals surface area contributed by atoms with Crippen molar-refractivity contribution in [1.29, 1.82) is 0 Å². The molecular weight excluding hydrogens is 885 g/mol. The van der Waals surface area contributed by atoms with Crippen molar-refractivity contribution < 1.29 is 38.1 Å². The molecule has 0 bridgehead atoms. The number of benzene rings is 4. The minimum absolute atomic E-state index is 0.192. The molecule has 0 N–H and O–H groups in total. The zero-order chi connectivity index (χ0) is 49.7. The normalized spacial score (nSPS) is 21.8. The van der Waals surface area contributed by atoms with Crippen LogP contribution in [0, 0.1) is 65.6 Å². The summed E-state index contributed by atoms with van der Waals surface area (Å²) in [6.45, 7) is 3.15. The molecule has 0 radical (unpaired) electrons. The van der Waals surface area contributed by atoms with Crippen molar-refractivity contribution in [2.45, 2.75) is 128 Å². The Labute approximate surface area is 421 Å². The number of carbonyl (C=O) groups is 4. The molecule has 0 unspecified atom stereocenters. The fourth-order valence-electron chi connectivity index (χ4n) is 10.0. The summed E-state index contributed by atoms with van der Waals surface area (Å²) in [5, 5.41) is 0. The second kappa shape index (κ2) is 27.0. The number of hydrogen-bond donors (Lipinski definition) is 0. The van der Waals surface area contributed by atoms with Crippen molar-refractivity contribution >= 4 is 30.0 Å². The fraction of sp³-hybridized carbons (Fsp3) is 0.429. The third kappa shape index (κ3) is 16.6. The maximum Gasteiger partial charge on any atom is 0.339 e. The zero-order valence-electron chi connectivity index (χ0n) is 41.3. The smallest absolute Gasteiger partial charge is 0.339 e. The van der Waals surface area contributed by atoms with Crippen LogP contribution in [0.2, 0.25) is 0 Å². The van der Waals surface area contributed by atoms with E-state index in [9.17, 15) is 19.2 Å². The molecule has 8 heteroatoms. The molecule has 71 heavy (non-hydrogen) atoms. The molecule has 0 atom stereocenters. The van der Waals surface area contributed by atoms with E-state index in [2.05, 4.69) is 36.5 Å². The van der Waals surface area contributed by atoms with Gasteiger partial charge < -0.3 is 18.9 Å². The standard InChI is InChI=1S/C63H68O8/c1-3-48-17-19-50(20-18-48)21-22-51-23-25-52(26-24-51)39-42-63(43-40-54(41-44-63)53-28-15-47(2)16-29-53)71-62(67)57-34-36-58(37-35-57)70-61(66)56-32-30-55(31-33-56)60(65)69-46-12-7-5-4-6-11-45-68-59(64)38-27-49-13-9-8-10-14-49/h1,8-10,13-14,17-20,23-27,34-38,47,53-56H,4-7,11-12,15-16,28-33,40-41,43-46H2,2H3/b38-27+. The van der Waals surface area contributed by atoms with Crippen molar-refractivity contribution in [3.8, 4) is 41.8 Å². The number of rotatable bonds is 17. The Bertz CT molecular complexity index is 2560. The Kier molecular flexibility index (Phi) is 19.8. The SMILES string of the molecule is C#Cc1ccc(C#Cc2ccc(C#CC3(OC(=O)c4ccc(OC(=O)C5CCC(C(=O)OCCCCCCCCOC(=O)/C=C/c6ccccc6)CC5)cc4)CCC(C4CCC(C)CC4)CC3)cc2)cc1. The first-order chi connectivity index (χ1) is 34.6. The number of esters is 4.